The highest BCUT2D eigenvalue weighted by atomic mass is 32.2. The number of amides is 2. The van der Waals surface area contributed by atoms with Crippen molar-refractivity contribution in [3.8, 4) is 0 Å². The Kier molecular flexibility index (Phi) is 4.43. The van der Waals surface area contributed by atoms with Gasteiger partial charge in [0.05, 0.1) is 23.7 Å². The van der Waals surface area contributed by atoms with Crippen molar-refractivity contribution in [1.82, 2.24) is 4.90 Å². The van der Waals surface area contributed by atoms with E-state index in [2.05, 4.69) is 0 Å². The second-order valence-electron chi connectivity index (χ2n) is 5.43. The zero-order chi connectivity index (χ0) is 16.4. The number of anilines is 1. The molecule has 3 rings (SSSR count). The molecule has 1 aliphatic heterocycles. The minimum atomic E-state index is -0.179. The van der Waals surface area contributed by atoms with Crippen LogP contribution in [0.4, 0.5) is 5.69 Å². The molecule has 1 atom stereocenters. The summed E-state index contributed by atoms with van der Waals surface area (Å²) in [6, 6.07) is 11.1. The molecule has 1 aromatic heterocycles. The first-order valence-corrected chi connectivity index (χ1v) is 8.37. The lowest BCUT2D eigenvalue weighted by Crippen LogP contribution is -2.44. The van der Waals surface area contributed by atoms with Gasteiger partial charge in [0.15, 0.2) is 0 Å². The third-order valence-electron chi connectivity index (χ3n) is 4.03. The van der Waals surface area contributed by atoms with Crippen LogP contribution in [0.15, 0.2) is 52.0 Å². The fourth-order valence-corrected chi connectivity index (χ4v) is 3.45. The number of furan rings is 1. The monoisotopic (exact) mass is 330 g/mol. The normalized spacial score (nSPS) is 15.2. The maximum atomic E-state index is 12.6. The van der Waals surface area contributed by atoms with E-state index in [0.717, 1.165) is 16.3 Å². The summed E-state index contributed by atoms with van der Waals surface area (Å²) in [6.07, 6.45) is 1.59. The Morgan fingerprint density at radius 1 is 1.35 bits per heavy atom. The fraction of sp³-hybridized carbons (Fsp3) is 0.294. The van der Waals surface area contributed by atoms with Crippen molar-refractivity contribution in [2.75, 3.05) is 24.2 Å². The highest BCUT2D eigenvalue weighted by Gasteiger charge is 2.28. The van der Waals surface area contributed by atoms with Crippen molar-refractivity contribution in [1.29, 1.82) is 0 Å². The minimum Gasteiger partial charge on any atom is -0.467 e. The summed E-state index contributed by atoms with van der Waals surface area (Å²) in [5.41, 5.74) is 0.807. The SMILES string of the molecule is CC(c1ccco1)N(C)C(=O)CN1C(=O)CSc2ccccc21. The lowest BCUT2D eigenvalue weighted by atomic mass is 10.2. The molecule has 0 aliphatic carbocycles. The van der Waals surface area contributed by atoms with Gasteiger partial charge in [-0.05, 0) is 31.2 Å². The minimum absolute atomic E-state index is 0.0396. The summed E-state index contributed by atoms with van der Waals surface area (Å²) in [6.45, 7) is 1.94. The van der Waals surface area contributed by atoms with Crippen molar-refractivity contribution >= 4 is 29.3 Å². The molecule has 1 unspecified atom stereocenters. The van der Waals surface area contributed by atoms with Gasteiger partial charge in [-0.3, -0.25) is 9.59 Å². The summed E-state index contributed by atoms with van der Waals surface area (Å²) in [4.78, 5) is 29.0. The van der Waals surface area contributed by atoms with Gasteiger partial charge in [-0.2, -0.15) is 0 Å². The first-order valence-electron chi connectivity index (χ1n) is 7.39. The molecule has 0 fully saturated rings. The predicted molar refractivity (Wildman–Crippen MR) is 89.4 cm³/mol. The van der Waals surface area contributed by atoms with E-state index < -0.39 is 0 Å². The number of carbonyl (C=O) groups excluding carboxylic acids is 2. The number of likely N-dealkylation sites (N-methyl/N-ethyl adjacent to an activating group) is 1. The summed E-state index contributed by atoms with van der Waals surface area (Å²) in [5.74, 6) is 0.925. The van der Waals surface area contributed by atoms with Crippen LogP contribution in [0.3, 0.4) is 0 Å². The first kappa shape index (κ1) is 15.7. The van der Waals surface area contributed by atoms with E-state index in [4.69, 9.17) is 4.42 Å². The molecule has 0 bridgehead atoms. The molecule has 23 heavy (non-hydrogen) atoms. The second kappa shape index (κ2) is 6.50. The fourth-order valence-electron chi connectivity index (χ4n) is 2.51. The highest BCUT2D eigenvalue weighted by Crippen LogP contribution is 2.35. The molecule has 5 nitrogen and oxygen atoms in total. The molecule has 120 valence electrons. The Hall–Kier alpha value is -2.21. The molecule has 0 radical (unpaired) electrons. The molecule has 0 saturated carbocycles. The lowest BCUT2D eigenvalue weighted by molar-refractivity contribution is -0.132. The highest BCUT2D eigenvalue weighted by molar-refractivity contribution is 8.00. The Morgan fingerprint density at radius 2 is 2.13 bits per heavy atom. The van der Waals surface area contributed by atoms with E-state index in [1.54, 1.807) is 29.2 Å². The molecular formula is C17H18N2O3S. The third kappa shape index (κ3) is 3.12. The van der Waals surface area contributed by atoms with Crippen molar-refractivity contribution < 1.29 is 14.0 Å². The molecule has 0 spiro atoms. The van der Waals surface area contributed by atoms with Crippen molar-refractivity contribution in [2.24, 2.45) is 0 Å². The van der Waals surface area contributed by atoms with Crippen LogP contribution < -0.4 is 4.90 Å². The van der Waals surface area contributed by atoms with E-state index in [-0.39, 0.29) is 24.4 Å². The average molecular weight is 330 g/mol. The topological polar surface area (TPSA) is 53.8 Å². The van der Waals surface area contributed by atoms with Gasteiger partial charge in [0, 0.05) is 11.9 Å². The van der Waals surface area contributed by atoms with Gasteiger partial charge < -0.3 is 14.2 Å². The van der Waals surface area contributed by atoms with E-state index in [1.165, 1.54) is 11.8 Å². The molecule has 0 N–H and O–H groups in total. The first-order chi connectivity index (χ1) is 11.1. The predicted octanol–water partition coefficient (Wildman–Crippen LogP) is 2.94. The number of para-hydroxylation sites is 1. The molecule has 2 aromatic rings. The van der Waals surface area contributed by atoms with Gasteiger partial charge >= 0.3 is 0 Å². The van der Waals surface area contributed by atoms with Gasteiger partial charge in [-0.25, -0.2) is 0 Å². The number of hydrogen-bond donors (Lipinski definition) is 0. The van der Waals surface area contributed by atoms with E-state index in [0.29, 0.717) is 5.75 Å². The largest absolute Gasteiger partial charge is 0.467 e. The quantitative estimate of drug-likeness (QED) is 0.865. The van der Waals surface area contributed by atoms with Crippen LogP contribution in [0.2, 0.25) is 0 Å². The summed E-state index contributed by atoms with van der Waals surface area (Å²) < 4.78 is 5.36. The second-order valence-corrected chi connectivity index (χ2v) is 6.45. The van der Waals surface area contributed by atoms with Crippen LogP contribution in [0, 0.1) is 0 Å². The Balaban J connectivity index is 1.76. The maximum absolute atomic E-state index is 12.6. The number of hydrogen-bond acceptors (Lipinski definition) is 4. The number of thioether (sulfide) groups is 1. The molecule has 1 aliphatic rings. The van der Waals surface area contributed by atoms with Gasteiger partial charge in [-0.15, -0.1) is 11.8 Å². The van der Waals surface area contributed by atoms with Crippen molar-refractivity contribution in [2.45, 2.75) is 17.9 Å². The van der Waals surface area contributed by atoms with Crippen LogP contribution in [-0.4, -0.2) is 36.1 Å². The van der Waals surface area contributed by atoms with E-state index >= 15 is 0 Å². The number of nitrogens with zero attached hydrogens (tertiary/aromatic N) is 2. The molecule has 2 amide bonds. The summed E-state index contributed by atoms with van der Waals surface area (Å²) in [7, 11) is 1.73. The van der Waals surface area contributed by atoms with Crippen LogP contribution in [0.25, 0.3) is 0 Å². The number of benzene rings is 1. The van der Waals surface area contributed by atoms with Crippen LogP contribution >= 0.6 is 11.8 Å². The number of carbonyl (C=O) groups is 2. The molecule has 1 aromatic carbocycles. The zero-order valence-corrected chi connectivity index (χ0v) is 13.9. The van der Waals surface area contributed by atoms with Gasteiger partial charge in [0.2, 0.25) is 11.8 Å². The Bertz CT molecular complexity index is 714. The Morgan fingerprint density at radius 3 is 2.87 bits per heavy atom. The third-order valence-corrected chi connectivity index (χ3v) is 5.08. The molecule has 0 saturated heterocycles. The number of rotatable bonds is 4. The smallest absolute Gasteiger partial charge is 0.242 e. The van der Waals surface area contributed by atoms with Crippen LogP contribution in [-0.2, 0) is 9.59 Å². The lowest BCUT2D eigenvalue weighted by Gasteiger charge is -2.31. The van der Waals surface area contributed by atoms with Gasteiger partial charge in [0.1, 0.15) is 12.3 Å². The molecule has 2 heterocycles. The molecular weight excluding hydrogens is 312 g/mol. The van der Waals surface area contributed by atoms with Crippen LogP contribution in [0.1, 0.15) is 18.7 Å². The number of fused-ring (bicyclic) bond motifs is 1. The van der Waals surface area contributed by atoms with Gasteiger partial charge in [-0.1, -0.05) is 12.1 Å². The Labute approximate surface area is 139 Å². The molecule has 6 heteroatoms. The maximum Gasteiger partial charge on any atom is 0.242 e. The summed E-state index contributed by atoms with van der Waals surface area (Å²) >= 11 is 1.51. The summed E-state index contributed by atoms with van der Waals surface area (Å²) in [5, 5.41) is 0. The standard InChI is InChI=1S/C17H18N2O3S/c1-12(14-7-5-9-22-14)18(2)16(20)10-19-13-6-3-4-8-15(13)23-11-17(19)21/h3-9,12H,10-11H2,1-2H3. The van der Waals surface area contributed by atoms with Gasteiger partial charge in [0.25, 0.3) is 0 Å². The van der Waals surface area contributed by atoms with E-state index in [9.17, 15) is 9.59 Å². The van der Waals surface area contributed by atoms with E-state index in [1.807, 2.05) is 37.3 Å². The average Bonchev–Trinajstić information content (AvgIpc) is 3.10. The van der Waals surface area contributed by atoms with Crippen molar-refractivity contribution in [3.63, 3.8) is 0 Å². The van der Waals surface area contributed by atoms with Crippen LogP contribution in [0.5, 0.6) is 0 Å². The van der Waals surface area contributed by atoms with Crippen molar-refractivity contribution in [3.05, 3.63) is 48.4 Å². The zero-order valence-electron chi connectivity index (χ0n) is 13.1.